The van der Waals surface area contributed by atoms with Gasteiger partial charge in [-0.2, -0.15) is 4.98 Å². The van der Waals surface area contributed by atoms with Crippen molar-refractivity contribution in [2.24, 2.45) is 0 Å². The summed E-state index contributed by atoms with van der Waals surface area (Å²) in [6.07, 6.45) is -19.0. The molecule has 4 unspecified atom stereocenters. The largest absolute Gasteiger partial charge is 0.456 e. The Morgan fingerprint density at radius 2 is 1.97 bits per heavy atom. The fraction of sp³-hybridized carbons (Fsp3) is 0.632. The van der Waals surface area contributed by atoms with Gasteiger partial charge in [0.1, 0.15) is 0 Å². The maximum absolute atomic E-state index is 14.9. The predicted octanol–water partition coefficient (Wildman–Crippen LogP) is 1.90. The van der Waals surface area contributed by atoms with Gasteiger partial charge < -0.3 is 18.9 Å². The number of esters is 2. The minimum absolute atomic E-state index is 0.437. The number of aromatic nitrogens is 2. The zero-order chi connectivity index (χ0) is 32.8. The number of hydrogen-bond acceptors (Lipinski definition) is 9. The Labute approximate surface area is 193 Å². The Balaban J connectivity index is 2.35. The Bertz CT molecular complexity index is 1290. The molecule has 0 spiro atoms. The maximum Gasteiger partial charge on any atom is 0.412 e. The first-order valence-corrected chi connectivity index (χ1v) is 8.57. The molecule has 0 bridgehead atoms. The quantitative estimate of drug-likeness (QED) is 0.461. The predicted molar refractivity (Wildman–Crippen MR) is 104 cm³/mol. The number of rotatable bonds is 8. The lowest BCUT2D eigenvalue weighted by Crippen LogP contribution is -2.40. The summed E-state index contributed by atoms with van der Waals surface area (Å²) >= 11 is 0. The average molecular weight is 454 g/mol. The molecule has 11 nitrogen and oxygen atoms in total. The molecule has 0 aromatic carbocycles. The Morgan fingerprint density at radius 1 is 1.29 bits per heavy atom. The lowest BCUT2D eigenvalue weighted by Gasteiger charge is -2.23. The summed E-state index contributed by atoms with van der Waals surface area (Å²) in [5.74, 6) is -4.33. The summed E-state index contributed by atoms with van der Waals surface area (Å²) < 4.78 is 118. The van der Waals surface area contributed by atoms with Crippen molar-refractivity contribution in [3.05, 3.63) is 22.5 Å². The van der Waals surface area contributed by atoms with Crippen LogP contribution in [-0.4, -0.2) is 52.5 Å². The zero-order valence-electron chi connectivity index (χ0n) is 27.4. The summed E-state index contributed by atoms with van der Waals surface area (Å²) in [7, 11) is 0. The highest BCUT2D eigenvalue weighted by molar-refractivity contribution is 5.83. The molecule has 1 amide bonds. The minimum atomic E-state index is -4.15. The first-order valence-electron chi connectivity index (χ1n) is 14.1. The Hall–Kier alpha value is -3.02. The molecule has 1 aromatic heterocycles. The molecule has 12 heteroatoms. The van der Waals surface area contributed by atoms with Gasteiger partial charge in [-0.05, 0) is 13.3 Å². The van der Waals surface area contributed by atoms with Crippen molar-refractivity contribution in [1.29, 1.82) is 0 Å². The number of halogens is 1. The third kappa shape index (κ3) is 6.48. The van der Waals surface area contributed by atoms with Gasteiger partial charge >= 0.3 is 23.7 Å². The van der Waals surface area contributed by atoms with E-state index in [4.69, 9.17) is 29.3 Å². The molecule has 172 valence electrons. The van der Waals surface area contributed by atoms with E-state index in [1.807, 2.05) is 0 Å². The van der Waals surface area contributed by atoms with Gasteiger partial charge in [0.15, 0.2) is 30.1 Å². The number of anilines is 1. The summed E-state index contributed by atoms with van der Waals surface area (Å²) in [4.78, 5) is 51.3. The highest BCUT2D eigenvalue weighted by Crippen LogP contribution is 2.33. The molecular weight excluding hydrogens is 417 g/mol. The molecular formula is C19H26FN3O8. The molecule has 2 heterocycles. The number of nitrogens with one attached hydrogen (secondary N) is 1. The molecule has 1 aliphatic rings. The van der Waals surface area contributed by atoms with Crippen LogP contribution < -0.4 is 11.0 Å². The van der Waals surface area contributed by atoms with E-state index in [9.17, 15) is 23.6 Å². The maximum atomic E-state index is 14.9. The van der Waals surface area contributed by atoms with Crippen molar-refractivity contribution >= 4 is 23.8 Å². The second-order valence-electron chi connectivity index (χ2n) is 6.00. The average Bonchev–Trinajstić information content (AvgIpc) is 3.08. The summed E-state index contributed by atoms with van der Waals surface area (Å²) in [5.41, 5.74) is -1.34. The fourth-order valence-electron chi connectivity index (χ4n) is 2.67. The standard InChI is InChI=1S/C19H26FN3O8/c1-5-6-7-8-28-19(27)22-16-13(20)9-23(18(26)21-16)17-15(31-12(4)25)14(10(2)29-17)30-11(3)24/h9-10,14-15,17H,5-8H2,1-4H3,(H,21,22,26,27)/i1D3,5D2,6D2,7D2,8D2. The number of ether oxygens (including phenoxy) is 4. The van der Waals surface area contributed by atoms with Crippen molar-refractivity contribution in [3.8, 4) is 0 Å². The third-order valence-corrected chi connectivity index (χ3v) is 3.75. The lowest BCUT2D eigenvalue weighted by molar-refractivity contribution is -0.165. The van der Waals surface area contributed by atoms with Crippen molar-refractivity contribution in [2.75, 3.05) is 11.9 Å². The monoisotopic (exact) mass is 454 g/mol. The minimum Gasteiger partial charge on any atom is -0.456 e. The lowest BCUT2D eigenvalue weighted by atomic mass is 10.1. The summed E-state index contributed by atoms with van der Waals surface area (Å²) in [6.45, 7) is -4.37. The molecule has 31 heavy (non-hydrogen) atoms. The number of carbonyl (C=O) groups is 3. The van der Waals surface area contributed by atoms with Crippen molar-refractivity contribution in [2.45, 2.75) is 71.3 Å². The first kappa shape index (κ1) is 12.7. The van der Waals surface area contributed by atoms with Gasteiger partial charge in [0.2, 0.25) is 0 Å². The van der Waals surface area contributed by atoms with E-state index in [-0.39, 0.29) is 0 Å². The van der Waals surface area contributed by atoms with E-state index < -0.39 is 92.4 Å². The summed E-state index contributed by atoms with van der Waals surface area (Å²) in [6, 6.07) is 0. The van der Waals surface area contributed by atoms with E-state index in [1.54, 1.807) is 0 Å². The van der Waals surface area contributed by atoms with E-state index in [1.165, 1.54) is 12.2 Å². The SMILES string of the molecule is [2H]C([2H])([2H])C([2H])([2H])C([2H])([2H])C([2H])([2H])C([2H])([2H])OC(=O)Nc1nc(=O)n(C2OC(C)C(OC(C)=O)C2OC(C)=O)cc1F. The molecule has 2 rings (SSSR count). The molecule has 1 N–H and O–H groups in total. The number of carbonyl (C=O) groups excluding carboxylic acids is 3. The molecule has 1 aliphatic heterocycles. The van der Waals surface area contributed by atoms with Crippen LogP contribution in [-0.2, 0) is 28.5 Å². The van der Waals surface area contributed by atoms with Gasteiger partial charge in [-0.25, -0.2) is 14.0 Å². The highest BCUT2D eigenvalue weighted by Gasteiger charge is 2.48. The molecule has 0 saturated carbocycles. The van der Waals surface area contributed by atoms with Gasteiger partial charge in [0.25, 0.3) is 0 Å². The number of hydrogen-bond donors (Lipinski definition) is 1. The summed E-state index contributed by atoms with van der Waals surface area (Å²) in [5, 5.41) is 1.51. The first-order chi connectivity index (χ1) is 18.8. The fourth-order valence-corrected chi connectivity index (χ4v) is 2.67. The van der Waals surface area contributed by atoms with Gasteiger partial charge in [-0.15, -0.1) is 0 Å². The van der Waals surface area contributed by atoms with E-state index in [0.717, 1.165) is 13.8 Å². The topological polar surface area (TPSA) is 135 Å². The number of amides is 1. The van der Waals surface area contributed by atoms with Crippen LogP contribution in [0.5, 0.6) is 0 Å². The molecule has 0 aliphatic carbocycles. The normalized spacial score (nSPS) is 30.1. The van der Waals surface area contributed by atoms with Crippen LogP contribution in [0.3, 0.4) is 0 Å². The van der Waals surface area contributed by atoms with Gasteiger partial charge in [-0.3, -0.25) is 19.5 Å². The molecule has 0 radical (unpaired) electrons. The van der Waals surface area contributed by atoms with Crippen LogP contribution in [0.15, 0.2) is 11.0 Å². The second-order valence-corrected chi connectivity index (χ2v) is 6.00. The van der Waals surface area contributed by atoms with Crippen LogP contribution in [0.1, 0.15) is 68.0 Å². The third-order valence-electron chi connectivity index (χ3n) is 3.75. The van der Waals surface area contributed by atoms with Crippen molar-refractivity contribution < 1.29 is 52.8 Å². The van der Waals surface area contributed by atoms with Crippen LogP contribution in [0.4, 0.5) is 15.0 Å². The van der Waals surface area contributed by atoms with Crippen molar-refractivity contribution in [1.82, 2.24) is 9.55 Å². The zero-order valence-corrected chi connectivity index (χ0v) is 16.4. The van der Waals surface area contributed by atoms with Gasteiger partial charge in [0, 0.05) is 26.2 Å². The van der Waals surface area contributed by atoms with E-state index in [2.05, 4.69) is 9.72 Å². The molecule has 1 saturated heterocycles. The molecule has 1 aromatic rings. The van der Waals surface area contributed by atoms with Gasteiger partial charge in [0.05, 0.1) is 21.6 Å². The molecule has 1 fully saturated rings. The van der Waals surface area contributed by atoms with Crippen LogP contribution in [0.25, 0.3) is 0 Å². The van der Waals surface area contributed by atoms with Crippen LogP contribution >= 0.6 is 0 Å². The Morgan fingerprint density at radius 3 is 2.61 bits per heavy atom. The van der Waals surface area contributed by atoms with Crippen LogP contribution in [0.2, 0.25) is 0 Å². The van der Waals surface area contributed by atoms with Crippen molar-refractivity contribution in [3.63, 3.8) is 0 Å². The second kappa shape index (κ2) is 10.8. The van der Waals surface area contributed by atoms with Crippen LogP contribution in [0, 0.1) is 5.82 Å². The number of nitrogens with zero attached hydrogens (tertiary/aromatic N) is 2. The highest BCUT2D eigenvalue weighted by atomic mass is 19.1. The molecule has 4 atom stereocenters. The van der Waals surface area contributed by atoms with E-state index >= 15 is 0 Å². The Kier molecular flexibility index (Phi) is 4.46. The smallest absolute Gasteiger partial charge is 0.412 e. The van der Waals surface area contributed by atoms with Gasteiger partial charge in [-0.1, -0.05) is 19.6 Å². The van der Waals surface area contributed by atoms with E-state index in [0.29, 0.717) is 10.8 Å².